The first-order valence-corrected chi connectivity index (χ1v) is 6.18. The SMILES string of the molecule is N#Cc1cc(N2CCOc3ccccc3C2)ccn1. The molecule has 0 bridgehead atoms. The van der Waals surface area contributed by atoms with E-state index in [0.29, 0.717) is 12.3 Å². The molecule has 0 saturated heterocycles. The van der Waals surface area contributed by atoms with Gasteiger partial charge in [-0.05, 0) is 18.2 Å². The minimum Gasteiger partial charge on any atom is -0.491 e. The van der Waals surface area contributed by atoms with Crippen LogP contribution in [0.2, 0.25) is 0 Å². The Bertz CT molecular complexity index is 633. The monoisotopic (exact) mass is 251 g/mol. The summed E-state index contributed by atoms with van der Waals surface area (Å²) in [5, 5.41) is 8.92. The number of nitriles is 1. The Morgan fingerprint density at radius 3 is 3.05 bits per heavy atom. The molecule has 94 valence electrons. The normalized spacial score (nSPS) is 13.9. The van der Waals surface area contributed by atoms with Gasteiger partial charge in [-0.25, -0.2) is 4.98 Å². The lowest BCUT2D eigenvalue weighted by molar-refractivity contribution is 0.331. The topological polar surface area (TPSA) is 49.2 Å². The van der Waals surface area contributed by atoms with E-state index in [1.165, 1.54) is 0 Å². The van der Waals surface area contributed by atoms with Gasteiger partial charge in [0.25, 0.3) is 0 Å². The molecule has 2 aromatic rings. The van der Waals surface area contributed by atoms with Gasteiger partial charge >= 0.3 is 0 Å². The van der Waals surface area contributed by atoms with Crippen LogP contribution in [0.4, 0.5) is 5.69 Å². The van der Waals surface area contributed by atoms with Crippen molar-refractivity contribution < 1.29 is 4.74 Å². The summed E-state index contributed by atoms with van der Waals surface area (Å²) >= 11 is 0. The van der Waals surface area contributed by atoms with Crippen LogP contribution in [0, 0.1) is 11.3 Å². The lowest BCUT2D eigenvalue weighted by Gasteiger charge is -2.21. The number of aromatic nitrogens is 1. The Kier molecular flexibility index (Phi) is 3.03. The second kappa shape index (κ2) is 4.99. The van der Waals surface area contributed by atoms with E-state index >= 15 is 0 Å². The van der Waals surface area contributed by atoms with Gasteiger partial charge in [0.1, 0.15) is 24.1 Å². The molecule has 2 heterocycles. The minimum absolute atomic E-state index is 0.441. The number of para-hydroxylation sites is 1. The molecule has 19 heavy (non-hydrogen) atoms. The van der Waals surface area contributed by atoms with Crippen molar-refractivity contribution in [2.45, 2.75) is 6.54 Å². The third kappa shape index (κ3) is 2.36. The molecule has 0 spiro atoms. The second-order valence-corrected chi connectivity index (χ2v) is 4.39. The average molecular weight is 251 g/mol. The zero-order chi connectivity index (χ0) is 13.1. The van der Waals surface area contributed by atoms with Crippen LogP contribution in [-0.2, 0) is 6.54 Å². The number of benzene rings is 1. The quantitative estimate of drug-likeness (QED) is 0.780. The number of anilines is 1. The Labute approximate surface area is 111 Å². The molecule has 0 saturated carbocycles. The molecule has 3 rings (SSSR count). The van der Waals surface area contributed by atoms with Crippen LogP contribution in [0.1, 0.15) is 11.3 Å². The van der Waals surface area contributed by atoms with E-state index in [9.17, 15) is 0 Å². The van der Waals surface area contributed by atoms with Crippen LogP contribution in [-0.4, -0.2) is 18.1 Å². The highest BCUT2D eigenvalue weighted by atomic mass is 16.5. The lowest BCUT2D eigenvalue weighted by Crippen LogP contribution is -2.25. The molecule has 0 aliphatic carbocycles. The predicted octanol–water partition coefficient (Wildman–Crippen LogP) is 2.35. The molecule has 1 aliphatic rings. The van der Waals surface area contributed by atoms with Crippen molar-refractivity contribution in [3.63, 3.8) is 0 Å². The number of nitrogens with zero attached hydrogens (tertiary/aromatic N) is 3. The largest absolute Gasteiger partial charge is 0.491 e. The molecular weight excluding hydrogens is 238 g/mol. The van der Waals surface area contributed by atoms with E-state index in [2.05, 4.69) is 22.0 Å². The van der Waals surface area contributed by atoms with Gasteiger partial charge in [0.15, 0.2) is 0 Å². The van der Waals surface area contributed by atoms with Gasteiger partial charge in [-0.1, -0.05) is 18.2 Å². The molecule has 0 fully saturated rings. The number of ether oxygens (including phenoxy) is 1. The minimum atomic E-state index is 0.441. The smallest absolute Gasteiger partial charge is 0.142 e. The zero-order valence-corrected chi connectivity index (χ0v) is 10.4. The van der Waals surface area contributed by atoms with E-state index in [1.54, 1.807) is 6.20 Å². The lowest BCUT2D eigenvalue weighted by atomic mass is 10.2. The Balaban J connectivity index is 1.92. The summed E-state index contributed by atoms with van der Waals surface area (Å²) in [6, 6.07) is 13.9. The van der Waals surface area contributed by atoms with Crippen molar-refractivity contribution in [3.05, 3.63) is 53.9 Å². The Hall–Kier alpha value is -2.54. The van der Waals surface area contributed by atoms with Crippen LogP contribution in [0.25, 0.3) is 0 Å². The summed E-state index contributed by atoms with van der Waals surface area (Å²) < 4.78 is 5.73. The van der Waals surface area contributed by atoms with Crippen LogP contribution in [0.5, 0.6) is 5.75 Å². The average Bonchev–Trinajstić information content (AvgIpc) is 2.69. The summed E-state index contributed by atoms with van der Waals surface area (Å²) in [6.07, 6.45) is 1.67. The van der Waals surface area contributed by atoms with Crippen molar-refractivity contribution in [1.29, 1.82) is 5.26 Å². The molecule has 4 nitrogen and oxygen atoms in total. The highest BCUT2D eigenvalue weighted by Gasteiger charge is 2.15. The highest BCUT2D eigenvalue weighted by molar-refractivity contribution is 5.51. The molecule has 0 unspecified atom stereocenters. The maximum Gasteiger partial charge on any atom is 0.142 e. The Morgan fingerprint density at radius 1 is 1.26 bits per heavy atom. The summed E-state index contributed by atoms with van der Waals surface area (Å²) in [7, 11) is 0. The van der Waals surface area contributed by atoms with Gasteiger partial charge in [0.2, 0.25) is 0 Å². The number of hydrogen-bond donors (Lipinski definition) is 0. The van der Waals surface area contributed by atoms with Crippen molar-refractivity contribution in [2.24, 2.45) is 0 Å². The van der Waals surface area contributed by atoms with Gasteiger partial charge in [-0.3, -0.25) is 0 Å². The van der Waals surface area contributed by atoms with E-state index in [4.69, 9.17) is 10.00 Å². The fourth-order valence-electron chi connectivity index (χ4n) is 2.22. The molecule has 0 radical (unpaired) electrons. The predicted molar refractivity (Wildman–Crippen MR) is 71.9 cm³/mol. The summed E-state index contributed by atoms with van der Waals surface area (Å²) in [5.41, 5.74) is 2.61. The van der Waals surface area contributed by atoms with Gasteiger partial charge in [-0.2, -0.15) is 5.26 Å². The fraction of sp³-hybridized carbons (Fsp3) is 0.200. The van der Waals surface area contributed by atoms with Crippen molar-refractivity contribution in [3.8, 4) is 11.8 Å². The molecular formula is C15H13N3O. The van der Waals surface area contributed by atoms with Gasteiger partial charge in [0, 0.05) is 24.0 Å². The van der Waals surface area contributed by atoms with Crippen LogP contribution < -0.4 is 9.64 Å². The standard InChI is InChI=1S/C15H13N3O/c16-10-13-9-14(5-6-17-13)18-7-8-19-15-4-2-1-3-12(15)11-18/h1-6,9H,7-8,11H2. The van der Waals surface area contributed by atoms with Gasteiger partial charge in [0.05, 0.1) is 6.54 Å². The summed E-state index contributed by atoms with van der Waals surface area (Å²) in [6.45, 7) is 2.22. The van der Waals surface area contributed by atoms with E-state index in [0.717, 1.165) is 30.1 Å². The molecule has 1 aromatic heterocycles. The fourth-order valence-corrected chi connectivity index (χ4v) is 2.22. The molecule has 0 N–H and O–H groups in total. The van der Waals surface area contributed by atoms with E-state index in [-0.39, 0.29) is 0 Å². The van der Waals surface area contributed by atoms with E-state index in [1.807, 2.05) is 30.3 Å². The van der Waals surface area contributed by atoms with Gasteiger partial charge in [-0.15, -0.1) is 0 Å². The van der Waals surface area contributed by atoms with Crippen molar-refractivity contribution in [1.82, 2.24) is 4.98 Å². The Morgan fingerprint density at radius 2 is 2.16 bits per heavy atom. The maximum atomic E-state index is 8.92. The number of fused-ring (bicyclic) bond motifs is 1. The maximum absolute atomic E-state index is 8.92. The number of pyridine rings is 1. The van der Waals surface area contributed by atoms with Gasteiger partial charge < -0.3 is 9.64 Å². The van der Waals surface area contributed by atoms with Crippen LogP contribution >= 0.6 is 0 Å². The third-order valence-corrected chi connectivity index (χ3v) is 3.18. The highest BCUT2D eigenvalue weighted by Crippen LogP contribution is 2.25. The van der Waals surface area contributed by atoms with Crippen LogP contribution in [0.15, 0.2) is 42.6 Å². The molecule has 4 heteroatoms. The first-order valence-electron chi connectivity index (χ1n) is 6.18. The van der Waals surface area contributed by atoms with Crippen molar-refractivity contribution in [2.75, 3.05) is 18.1 Å². The number of rotatable bonds is 1. The molecule has 1 aliphatic heterocycles. The molecule has 0 atom stereocenters. The molecule has 0 amide bonds. The first kappa shape index (κ1) is 11.5. The van der Waals surface area contributed by atoms with E-state index < -0.39 is 0 Å². The summed E-state index contributed by atoms with van der Waals surface area (Å²) in [5.74, 6) is 0.944. The molecule has 1 aromatic carbocycles. The second-order valence-electron chi connectivity index (χ2n) is 4.39. The third-order valence-electron chi connectivity index (χ3n) is 3.18. The van der Waals surface area contributed by atoms with Crippen molar-refractivity contribution >= 4 is 5.69 Å². The zero-order valence-electron chi connectivity index (χ0n) is 10.4. The number of hydrogen-bond acceptors (Lipinski definition) is 4. The summed E-state index contributed by atoms with van der Waals surface area (Å²) in [4.78, 5) is 6.20. The van der Waals surface area contributed by atoms with Crippen LogP contribution in [0.3, 0.4) is 0 Å². The first-order chi connectivity index (χ1) is 9.36.